The summed E-state index contributed by atoms with van der Waals surface area (Å²) in [6.45, 7) is 1.45. The summed E-state index contributed by atoms with van der Waals surface area (Å²) in [5.74, 6) is -0.831. The van der Waals surface area contributed by atoms with Crippen LogP contribution >= 0.6 is 11.6 Å². The lowest BCUT2D eigenvalue weighted by Crippen LogP contribution is -2.35. The fourth-order valence-electron chi connectivity index (χ4n) is 2.63. The SMILES string of the molecule is O=C1C(Cl)=C(NC[C@@H]2CCCO2)C(=O)N1Cc1ccccc1. The largest absolute Gasteiger partial charge is 0.377 e. The number of nitrogens with one attached hydrogen (secondary N) is 1. The molecule has 2 heterocycles. The lowest BCUT2D eigenvalue weighted by atomic mass is 10.2. The zero-order valence-corrected chi connectivity index (χ0v) is 12.8. The van der Waals surface area contributed by atoms with Gasteiger partial charge in [0.2, 0.25) is 0 Å². The first-order chi connectivity index (χ1) is 10.7. The first-order valence-electron chi connectivity index (χ1n) is 7.32. The van der Waals surface area contributed by atoms with Crippen LogP contribution in [0.15, 0.2) is 41.1 Å². The summed E-state index contributed by atoms with van der Waals surface area (Å²) in [6.07, 6.45) is 2.04. The Bertz CT molecular complexity index is 609. The zero-order valence-electron chi connectivity index (χ0n) is 12.0. The minimum absolute atomic E-state index is 0.0427. The molecule has 2 aliphatic heterocycles. The van der Waals surface area contributed by atoms with E-state index >= 15 is 0 Å². The summed E-state index contributed by atoms with van der Waals surface area (Å²) < 4.78 is 5.49. The maximum Gasteiger partial charge on any atom is 0.278 e. The van der Waals surface area contributed by atoms with Crippen LogP contribution in [0.3, 0.4) is 0 Å². The van der Waals surface area contributed by atoms with Crippen molar-refractivity contribution < 1.29 is 14.3 Å². The minimum atomic E-state index is -0.453. The molecule has 0 bridgehead atoms. The molecule has 2 aliphatic rings. The second-order valence-corrected chi connectivity index (χ2v) is 5.76. The predicted octanol–water partition coefficient (Wildman–Crippen LogP) is 1.77. The van der Waals surface area contributed by atoms with E-state index in [1.165, 1.54) is 0 Å². The molecule has 3 rings (SSSR count). The van der Waals surface area contributed by atoms with Crippen LogP contribution in [-0.4, -0.2) is 36.0 Å². The highest BCUT2D eigenvalue weighted by Crippen LogP contribution is 2.24. The van der Waals surface area contributed by atoms with E-state index in [4.69, 9.17) is 16.3 Å². The van der Waals surface area contributed by atoms with Gasteiger partial charge in [0.15, 0.2) is 0 Å². The number of nitrogens with zero attached hydrogens (tertiary/aromatic N) is 1. The van der Waals surface area contributed by atoms with Crippen LogP contribution < -0.4 is 5.32 Å². The molecule has 6 heteroatoms. The third-order valence-corrected chi connectivity index (χ3v) is 4.18. The van der Waals surface area contributed by atoms with Crippen LogP contribution in [0.2, 0.25) is 0 Å². The number of hydrogen-bond donors (Lipinski definition) is 1. The molecular weight excluding hydrogens is 304 g/mol. The summed E-state index contributed by atoms with van der Waals surface area (Å²) >= 11 is 6.03. The number of hydrogen-bond acceptors (Lipinski definition) is 4. The van der Waals surface area contributed by atoms with E-state index in [1.807, 2.05) is 30.3 Å². The monoisotopic (exact) mass is 320 g/mol. The molecule has 0 unspecified atom stereocenters. The normalized spacial score (nSPS) is 21.9. The number of carbonyl (C=O) groups excluding carboxylic acids is 2. The minimum Gasteiger partial charge on any atom is -0.377 e. The van der Waals surface area contributed by atoms with Gasteiger partial charge in [0.25, 0.3) is 11.8 Å². The van der Waals surface area contributed by atoms with E-state index in [-0.39, 0.29) is 29.3 Å². The molecule has 116 valence electrons. The Kier molecular flexibility index (Phi) is 4.45. The number of benzene rings is 1. The van der Waals surface area contributed by atoms with Crippen LogP contribution in [0.1, 0.15) is 18.4 Å². The Hall–Kier alpha value is -1.85. The van der Waals surface area contributed by atoms with Crippen LogP contribution in [-0.2, 0) is 20.9 Å². The number of rotatable bonds is 5. The van der Waals surface area contributed by atoms with E-state index in [2.05, 4.69) is 5.32 Å². The topological polar surface area (TPSA) is 58.6 Å². The molecule has 1 N–H and O–H groups in total. The highest BCUT2D eigenvalue weighted by atomic mass is 35.5. The lowest BCUT2D eigenvalue weighted by molar-refractivity contribution is -0.138. The van der Waals surface area contributed by atoms with Crippen molar-refractivity contribution in [1.82, 2.24) is 10.2 Å². The third-order valence-electron chi connectivity index (χ3n) is 3.83. The van der Waals surface area contributed by atoms with Gasteiger partial charge in [-0.3, -0.25) is 14.5 Å². The number of carbonyl (C=O) groups is 2. The molecule has 22 heavy (non-hydrogen) atoms. The first kappa shape index (κ1) is 15.1. The average molecular weight is 321 g/mol. The summed E-state index contributed by atoms with van der Waals surface area (Å²) in [7, 11) is 0. The molecule has 1 aromatic carbocycles. The van der Waals surface area contributed by atoms with E-state index in [0.29, 0.717) is 6.54 Å². The molecule has 1 fully saturated rings. The average Bonchev–Trinajstić information content (AvgIpc) is 3.11. The van der Waals surface area contributed by atoms with Crippen molar-refractivity contribution in [3.8, 4) is 0 Å². The summed E-state index contributed by atoms with van der Waals surface area (Å²) in [6, 6.07) is 9.35. The number of ether oxygens (including phenoxy) is 1. The number of imide groups is 1. The Morgan fingerprint density at radius 1 is 1.23 bits per heavy atom. The predicted molar refractivity (Wildman–Crippen MR) is 81.9 cm³/mol. The first-order valence-corrected chi connectivity index (χ1v) is 7.70. The van der Waals surface area contributed by atoms with E-state index < -0.39 is 5.91 Å². The summed E-state index contributed by atoms with van der Waals surface area (Å²) in [5.41, 5.74) is 1.06. The van der Waals surface area contributed by atoms with Gasteiger partial charge in [-0.25, -0.2) is 0 Å². The second kappa shape index (κ2) is 6.50. The Balaban J connectivity index is 1.66. The van der Waals surface area contributed by atoms with Crippen molar-refractivity contribution in [2.75, 3.05) is 13.2 Å². The van der Waals surface area contributed by atoms with Crippen LogP contribution in [0.5, 0.6) is 0 Å². The van der Waals surface area contributed by atoms with Gasteiger partial charge in [-0.15, -0.1) is 0 Å². The van der Waals surface area contributed by atoms with Crippen molar-refractivity contribution >= 4 is 23.4 Å². The fourth-order valence-corrected chi connectivity index (χ4v) is 2.88. The van der Waals surface area contributed by atoms with E-state index in [9.17, 15) is 9.59 Å². The summed E-state index contributed by atoms with van der Waals surface area (Å²) in [4.78, 5) is 25.7. The Morgan fingerprint density at radius 3 is 2.68 bits per heavy atom. The smallest absolute Gasteiger partial charge is 0.278 e. The lowest BCUT2D eigenvalue weighted by Gasteiger charge is -2.16. The molecule has 0 spiro atoms. The zero-order chi connectivity index (χ0) is 15.5. The van der Waals surface area contributed by atoms with E-state index in [1.54, 1.807) is 0 Å². The van der Waals surface area contributed by atoms with Crippen LogP contribution in [0, 0.1) is 0 Å². The fraction of sp³-hybridized carbons (Fsp3) is 0.375. The molecule has 2 amide bonds. The van der Waals surface area contributed by atoms with Gasteiger partial charge in [0.1, 0.15) is 10.7 Å². The van der Waals surface area contributed by atoms with Crippen molar-refractivity contribution in [2.24, 2.45) is 0 Å². The summed E-state index contributed by atoms with van der Waals surface area (Å²) in [5, 5.41) is 2.94. The van der Waals surface area contributed by atoms with Gasteiger partial charge in [-0.2, -0.15) is 0 Å². The third kappa shape index (κ3) is 3.00. The highest BCUT2D eigenvalue weighted by Gasteiger charge is 2.37. The second-order valence-electron chi connectivity index (χ2n) is 5.39. The van der Waals surface area contributed by atoms with Crippen LogP contribution in [0.25, 0.3) is 0 Å². The molecule has 5 nitrogen and oxygen atoms in total. The quantitative estimate of drug-likeness (QED) is 0.840. The number of halogens is 1. The van der Waals surface area contributed by atoms with Gasteiger partial charge in [0, 0.05) is 13.2 Å². The molecule has 1 atom stereocenters. The maximum atomic E-state index is 12.4. The van der Waals surface area contributed by atoms with Gasteiger partial charge < -0.3 is 10.1 Å². The molecule has 0 saturated carbocycles. The van der Waals surface area contributed by atoms with Crippen molar-refractivity contribution in [3.05, 3.63) is 46.6 Å². The molecule has 0 aliphatic carbocycles. The van der Waals surface area contributed by atoms with Gasteiger partial charge in [-0.05, 0) is 18.4 Å². The molecular formula is C16H17ClN2O3. The van der Waals surface area contributed by atoms with Gasteiger partial charge >= 0.3 is 0 Å². The number of amides is 2. The van der Waals surface area contributed by atoms with E-state index in [0.717, 1.165) is 29.9 Å². The van der Waals surface area contributed by atoms with Gasteiger partial charge in [-0.1, -0.05) is 41.9 Å². The highest BCUT2D eigenvalue weighted by molar-refractivity contribution is 6.47. The Morgan fingerprint density at radius 2 is 2.00 bits per heavy atom. The maximum absolute atomic E-state index is 12.4. The van der Waals surface area contributed by atoms with Crippen molar-refractivity contribution in [3.63, 3.8) is 0 Å². The van der Waals surface area contributed by atoms with Crippen molar-refractivity contribution in [2.45, 2.75) is 25.5 Å². The molecule has 1 saturated heterocycles. The van der Waals surface area contributed by atoms with Gasteiger partial charge in [0.05, 0.1) is 12.6 Å². The molecule has 0 aromatic heterocycles. The van der Waals surface area contributed by atoms with Crippen molar-refractivity contribution in [1.29, 1.82) is 0 Å². The standard InChI is InChI=1S/C16H17ClN2O3/c17-13-14(18-9-12-7-4-8-22-12)16(21)19(15(13)20)10-11-5-2-1-3-6-11/h1-3,5-6,12,18H,4,7-10H2/t12-/m0/s1. The molecule has 1 aromatic rings. The van der Waals surface area contributed by atoms with Crippen LogP contribution in [0.4, 0.5) is 0 Å². The Labute approximate surface area is 133 Å². The molecule has 0 radical (unpaired) electrons.